The summed E-state index contributed by atoms with van der Waals surface area (Å²) in [4.78, 5) is 16.9. The number of amides is 1. The summed E-state index contributed by atoms with van der Waals surface area (Å²) >= 11 is 3.41. The Balaban J connectivity index is 1.59. The fourth-order valence-corrected chi connectivity index (χ4v) is 3.30. The summed E-state index contributed by atoms with van der Waals surface area (Å²) in [7, 11) is 0. The topological polar surface area (TPSA) is 98.7 Å². The van der Waals surface area contributed by atoms with Gasteiger partial charge in [-0.2, -0.15) is 0 Å². The molecule has 0 aliphatic heterocycles. The van der Waals surface area contributed by atoms with E-state index in [1.165, 1.54) is 0 Å². The number of anilines is 1. The third kappa shape index (κ3) is 4.56. The minimum atomic E-state index is -0.286. The second kappa shape index (κ2) is 8.07. The fraction of sp³-hybridized carbons (Fsp3) is 0.227. The molecule has 0 radical (unpaired) electrons. The van der Waals surface area contributed by atoms with Crippen molar-refractivity contribution < 1.29 is 9.32 Å². The summed E-state index contributed by atoms with van der Waals surface area (Å²) in [6, 6.07) is 9.06. The van der Waals surface area contributed by atoms with Gasteiger partial charge in [-0.25, -0.2) is 4.68 Å². The van der Waals surface area contributed by atoms with Crippen molar-refractivity contribution in [1.29, 1.82) is 0 Å². The lowest BCUT2D eigenvalue weighted by Crippen LogP contribution is -2.13. The predicted octanol–water partition coefficient (Wildman–Crippen LogP) is 4.94. The molecule has 0 spiro atoms. The van der Waals surface area contributed by atoms with Gasteiger partial charge in [0.1, 0.15) is 11.5 Å². The van der Waals surface area contributed by atoms with E-state index in [1.54, 1.807) is 41.5 Å². The molecule has 9 heteroatoms. The molecule has 0 atom stereocenters. The van der Waals surface area contributed by atoms with Gasteiger partial charge in [0.15, 0.2) is 5.82 Å². The molecule has 0 saturated heterocycles. The van der Waals surface area contributed by atoms with Crippen LogP contribution in [-0.2, 0) is 5.41 Å². The number of benzene rings is 1. The first-order valence-electron chi connectivity index (χ1n) is 9.63. The van der Waals surface area contributed by atoms with Crippen LogP contribution in [0.15, 0.2) is 57.9 Å². The average molecular weight is 481 g/mol. The molecule has 1 amide bonds. The molecule has 3 heterocycles. The minimum absolute atomic E-state index is 0.193. The maximum atomic E-state index is 12.8. The summed E-state index contributed by atoms with van der Waals surface area (Å²) in [6.45, 7) is 8.00. The van der Waals surface area contributed by atoms with Crippen molar-refractivity contribution in [2.24, 2.45) is 0 Å². The third-order valence-corrected chi connectivity index (χ3v) is 5.14. The van der Waals surface area contributed by atoms with E-state index in [0.717, 1.165) is 21.3 Å². The Morgan fingerprint density at radius 1 is 1.16 bits per heavy atom. The number of halogens is 1. The van der Waals surface area contributed by atoms with Crippen LogP contribution < -0.4 is 5.32 Å². The zero-order valence-corrected chi connectivity index (χ0v) is 19.1. The van der Waals surface area contributed by atoms with Crippen molar-refractivity contribution in [3.63, 3.8) is 0 Å². The maximum absolute atomic E-state index is 12.8. The van der Waals surface area contributed by atoms with E-state index in [2.05, 4.69) is 41.7 Å². The number of nitrogens with one attached hydrogen (secondary N) is 1. The van der Waals surface area contributed by atoms with E-state index in [-0.39, 0.29) is 11.3 Å². The Morgan fingerprint density at radius 2 is 1.97 bits per heavy atom. The van der Waals surface area contributed by atoms with E-state index in [4.69, 9.17) is 4.52 Å². The highest BCUT2D eigenvalue weighted by Gasteiger charge is 2.21. The summed E-state index contributed by atoms with van der Waals surface area (Å²) in [5, 5.41) is 15.2. The molecule has 4 aromatic rings. The van der Waals surface area contributed by atoms with E-state index >= 15 is 0 Å². The van der Waals surface area contributed by atoms with E-state index in [0.29, 0.717) is 22.8 Å². The lowest BCUT2D eigenvalue weighted by molar-refractivity contribution is 0.102. The molecule has 0 unspecified atom stereocenters. The second-order valence-electron chi connectivity index (χ2n) is 8.22. The number of nitrogens with zero attached hydrogens (tertiary/aromatic N) is 5. The van der Waals surface area contributed by atoms with Crippen LogP contribution in [0.25, 0.3) is 16.9 Å². The summed E-state index contributed by atoms with van der Waals surface area (Å²) in [5.74, 6) is 0.790. The largest absolute Gasteiger partial charge is 0.359 e. The molecular weight excluding hydrogens is 460 g/mol. The number of aryl methyl sites for hydroxylation is 1. The van der Waals surface area contributed by atoms with Gasteiger partial charge in [0.25, 0.3) is 5.91 Å². The van der Waals surface area contributed by atoms with E-state index in [9.17, 15) is 4.79 Å². The van der Waals surface area contributed by atoms with Gasteiger partial charge in [-0.1, -0.05) is 37.2 Å². The Labute approximate surface area is 187 Å². The van der Waals surface area contributed by atoms with Crippen LogP contribution in [0.1, 0.15) is 42.5 Å². The molecule has 0 bridgehead atoms. The number of aromatic nitrogens is 5. The molecule has 158 valence electrons. The monoisotopic (exact) mass is 480 g/mol. The van der Waals surface area contributed by atoms with Crippen LogP contribution in [0.2, 0.25) is 0 Å². The van der Waals surface area contributed by atoms with Crippen LogP contribution in [0.5, 0.6) is 0 Å². The predicted molar refractivity (Wildman–Crippen MR) is 120 cm³/mol. The Kier molecular flexibility index (Phi) is 5.45. The third-order valence-electron chi connectivity index (χ3n) is 4.70. The molecule has 0 fully saturated rings. The number of pyridine rings is 1. The number of hydrogen-bond acceptors (Lipinski definition) is 6. The smallest absolute Gasteiger partial charge is 0.256 e. The quantitative estimate of drug-likeness (QED) is 0.444. The first-order chi connectivity index (χ1) is 14.7. The molecule has 4 rings (SSSR count). The van der Waals surface area contributed by atoms with E-state index in [1.807, 2.05) is 39.8 Å². The molecular formula is C22H21BrN6O2. The van der Waals surface area contributed by atoms with Gasteiger partial charge in [0.2, 0.25) is 0 Å². The lowest BCUT2D eigenvalue weighted by atomic mass is 9.93. The van der Waals surface area contributed by atoms with Crippen LogP contribution in [0, 0.1) is 6.92 Å². The van der Waals surface area contributed by atoms with Crippen molar-refractivity contribution in [3.8, 4) is 16.9 Å². The van der Waals surface area contributed by atoms with Gasteiger partial charge < -0.3 is 9.84 Å². The van der Waals surface area contributed by atoms with Gasteiger partial charge in [0, 0.05) is 39.5 Å². The van der Waals surface area contributed by atoms with Crippen molar-refractivity contribution >= 4 is 27.7 Å². The first-order valence-corrected chi connectivity index (χ1v) is 10.4. The lowest BCUT2D eigenvalue weighted by Gasteiger charge is -2.12. The molecule has 0 saturated carbocycles. The molecule has 3 aromatic heterocycles. The summed E-state index contributed by atoms with van der Waals surface area (Å²) in [5.41, 5.74) is 3.51. The summed E-state index contributed by atoms with van der Waals surface area (Å²) < 4.78 is 7.84. The second-order valence-corrected chi connectivity index (χ2v) is 9.14. The Hall–Kier alpha value is -3.33. The zero-order chi connectivity index (χ0) is 22.2. The van der Waals surface area contributed by atoms with Gasteiger partial charge in [-0.05, 0) is 46.6 Å². The highest BCUT2D eigenvalue weighted by Crippen LogP contribution is 2.25. The standard InChI is InChI=1S/C22H21BrN6O2/c1-13-5-6-14(21(30)25-20-9-19(31-27-20)22(2,3)4)8-18(13)29-12-17(26-28-29)15-7-16(23)11-24-10-15/h5-12H,1-4H3,(H,25,27,30). The van der Waals surface area contributed by atoms with Gasteiger partial charge >= 0.3 is 0 Å². The molecule has 8 nitrogen and oxygen atoms in total. The maximum Gasteiger partial charge on any atom is 0.256 e. The van der Waals surface area contributed by atoms with Crippen molar-refractivity contribution in [2.45, 2.75) is 33.1 Å². The van der Waals surface area contributed by atoms with Gasteiger partial charge in [0.05, 0.1) is 11.9 Å². The van der Waals surface area contributed by atoms with Crippen molar-refractivity contribution in [3.05, 3.63) is 70.3 Å². The van der Waals surface area contributed by atoms with Crippen LogP contribution in [-0.4, -0.2) is 31.0 Å². The molecule has 0 aliphatic carbocycles. The number of hydrogen-bond donors (Lipinski definition) is 1. The molecule has 1 N–H and O–H groups in total. The SMILES string of the molecule is Cc1ccc(C(=O)Nc2cc(C(C)(C)C)on2)cc1-n1cc(-c2cncc(Br)c2)nn1. The van der Waals surface area contributed by atoms with Gasteiger partial charge in [-0.3, -0.25) is 9.78 Å². The Bertz CT molecular complexity index is 1250. The molecule has 31 heavy (non-hydrogen) atoms. The first kappa shape index (κ1) is 20.9. The number of carbonyl (C=O) groups excluding carboxylic acids is 1. The molecule has 1 aromatic carbocycles. The van der Waals surface area contributed by atoms with Crippen LogP contribution >= 0.6 is 15.9 Å². The van der Waals surface area contributed by atoms with Gasteiger partial charge in [-0.15, -0.1) is 5.10 Å². The number of rotatable bonds is 4. The zero-order valence-electron chi connectivity index (χ0n) is 17.5. The minimum Gasteiger partial charge on any atom is -0.359 e. The highest BCUT2D eigenvalue weighted by molar-refractivity contribution is 9.10. The van der Waals surface area contributed by atoms with Crippen LogP contribution in [0.3, 0.4) is 0 Å². The highest BCUT2D eigenvalue weighted by atomic mass is 79.9. The van der Waals surface area contributed by atoms with Crippen molar-refractivity contribution in [2.75, 3.05) is 5.32 Å². The van der Waals surface area contributed by atoms with E-state index < -0.39 is 0 Å². The number of carbonyl (C=O) groups is 1. The summed E-state index contributed by atoms with van der Waals surface area (Å²) in [6.07, 6.45) is 5.24. The fourth-order valence-electron chi connectivity index (χ4n) is 2.94. The average Bonchev–Trinajstić information content (AvgIpc) is 3.38. The molecule has 0 aliphatic rings. The Morgan fingerprint density at radius 3 is 2.68 bits per heavy atom. The van der Waals surface area contributed by atoms with Crippen molar-refractivity contribution in [1.82, 2.24) is 25.1 Å². The normalized spacial score (nSPS) is 11.5. The van der Waals surface area contributed by atoms with Crippen LogP contribution in [0.4, 0.5) is 5.82 Å².